The van der Waals surface area contributed by atoms with E-state index < -0.39 is 10.0 Å². The van der Waals surface area contributed by atoms with Crippen LogP contribution in [-0.4, -0.2) is 41.8 Å². The number of nitrogens with zero attached hydrogens (tertiary/aromatic N) is 1. The molecule has 1 atom stereocenters. The number of thiocarbonyl (C=S) groups is 1. The number of hydrogen-bond donors (Lipinski definition) is 1. The van der Waals surface area contributed by atoms with E-state index in [2.05, 4.69) is 0 Å². The van der Waals surface area contributed by atoms with E-state index in [9.17, 15) is 8.42 Å². The van der Waals surface area contributed by atoms with Crippen LogP contribution in [0.15, 0.2) is 23.1 Å². The normalized spacial score (nSPS) is 20.8. The summed E-state index contributed by atoms with van der Waals surface area (Å²) in [7, 11) is -3.58. The van der Waals surface area contributed by atoms with Crippen LogP contribution in [-0.2, 0) is 10.0 Å². The fraction of sp³-hybridized carbons (Fsp3) is 0.417. The maximum atomic E-state index is 12.7. The van der Waals surface area contributed by atoms with Crippen LogP contribution in [0.25, 0.3) is 0 Å². The average Bonchev–Trinajstić information content (AvgIpc) is 2.38. The summed E-state index contributed by atoms with van der Waals surface area (Å²) in [5.41, 5.74) is 6.08. The van der Waals surface area contributed by atoms with E-state index in [4.69, 9.17) is 29.6 Å². The maximum Gasteiger partial charge on any atom is 0.244 e. The van der Waals surface area contributed by atoms with E-state index in [1.807, 2.05) is 6.92 Å². The summed E-state index contributed by atoms with van der Waals surface area (Å²) in [6.07, 6.45) is 0. The minimum absolute atomic E-state index is 0.0370. The van der Waals surface area contributed by atoms with Gasteiger partial charge in [0.1, 0.15) is 9.88 Å². The lowest BCUT2D eigenvalue weighted by molar-refractivity contribution is 0.367. The molecule has 4 nitrogen and oxygen atoms in total. The second-order valence-electron chi connectivity index (χ2n) is 4.55. The fourth-order valence-electron chi connectivity index (χ4n) is 2.06. The van der Waals surface area contributed by atoms with Crippen LogP contribution in [0.5, 0.6) is 0 Å². The molecule has 0 saturated carbocycles. The van der Waals surface area contributed by atoms with Gasteiger partial charge in [-0.15, -0.1) is 0 Å². The Morgan fingerprint density at radius 1 is 1.55 bits per heavy atom. The van der Waals surface area contributed by atoms with Gasteiger partial charge in [0, 0.05) is 29.7 Å². The van der Waals surface area contributed by atoms with Crippen LogP contribution in [0.2, 0.25) is 5.02 Å². The highest BCUT2D eigenvalue weighted by Gasteiger charge is 2.32. The van der Waals surface area contributed by atoms with Crippen LogP contribution in [0.3, 0.4) is 0 Å². The fourth-order valence-corrected chi connectivity index (χ4v) is 5.56. The monoisotopic (exact) mass is 350 g/mol. The SMILES string of the molecule is CC1CSCCN1S(=O)(=O)c1ccc(C(N)=S)cc1Cl. The molecule has 1 aliphatic heterocycles. The molecule has 1 saturated heterocycles. The maximum absolute atomic E-state index is 12.7. The molecule has 0 bridgehead atoms. The zero-order valence-electron chi connectivity index (χ0n) is 10.9. The van der Waals surface area contributed by atoms with Gasteiger partial charge in [0.05, 0.1) is 5.02 Å². The molecular weight excluding hydrogens is 336 g/mol. The van der Waals surface area contributed by atoms with Crippen LogP contribution in [0, 0.1) is 0 Å². The lowest BCUT2D eigenvalue weighted by atomic mass is 10.2. The topological polar surface area (TPSA) is 63.4 Å². The Labute approximate surface area is 133 Å². The third-order valence-electron chi connectivity index (χ3n) is 3.11. The predicted octanol–water partition coefficient (Wildman–Crippen LogP) is 2.10. The lowest BCUT2D eigenvalue weighted by Crippen LogP contribution is -2.44. The lowest BCUT2D eigenvalue weighted by Gasteiger charge is -2.32. The van der Waals surface area contributed by atoms with E-state index in [-0.39, 0.29) is 20.9 Å². The molecular formula is C12H15ClN2O2S3. The molecule has 2 N–H and O–H groups in total. The number of rotatable bonds is 3. The standard InChI is InChI=1S/C12H15ClN2O2S3/c1-8-7-19-5-4-15(8)20(16,17)11-3-2-9(12(14)18)6-10(11)13/h2-3,6,8H,4-5,7H2,1H3,(H2,14,18). The minimum atomic E-state index is -3.58. The Bertz CT molecular complexity index is 634. The molecule has 0 aromatic heterocycles. The Kier molecular flexibility index (Phi) is 4.96. The van der Waals surface area contributed by atoms with Crippen molar-refractivity contribution >= 4 is 50.6 Å². The Morgan fingerprint density at radius 3 is 2.80 bits per heavy atom. The van der Waals surface area contributed by atoms with Crippen LogP contribution < -0.4 is 5.73 Å². The molecule has 1 aliphatic rings. The molecule has 0 spiro atoms. The number of sulfonamides is 1. The van der Waals surface area contributed by atoms with Crippen molar-refractivity contribution in [2.75, 3.05) is 18.1 Å². The number of thioether (sulfide) groups is 1. The summed E-state index contributed by atoms with van der Waals surface area (Å²) >= 11 is 12.7. The molecule has 8 heteroatoms. The summed E-state index contributed by atoms with van der Waals surface area (Å²) in [5.74, 6) is 1.59. The first-order chi connectivity index (χ1) is 9.34. The first-order valence-electron chi connectivity index (χ1n) is 6.03. The molecule has 0 amide bonds. The molecule has 0 aliphatic carbocycles. The Hall–Kier alpha value is -0.340. The minimum Gasteiger partial charge on any atom is -0.389 e. The van der Waals surface area contributed by atoms with Crippen molar-refractivity contribution in [3.8, 4) is 0 Å². The largest absolute Gasteiger partial charge is 0.389 e. The average molecular weight is 351 g/mol. The Balaban J connectivity index is 2.41. The van der Waals surface area contributed by atoms with Gasteiger partial charge in [-0.2, -0.15) is 16.1 Å². The first kappa shape index (κ1) is 16.0. The zero-order valence-corrected chi connectivity index (χ0v) is 14.1. The van der Waals surface area contributed by atoms with Gasteiger partial charge in [0.15, 0.2) is 0 Å². The van der Waals surface area contributed by atoms with E-state index in [0.717, 1.165) is 11.5 Å². The quantitative estimate of drug-likeness (QED) is 0.846. The summed E-state index contributed by atoms with van der Waals surface area (Å²) in [6.45, 7) is 2.41. The molecule has 0 radical (unpaired) electrons. The van der Waals surface area contributed by atoms with E-state index >= 15 is 0 Å². The van der Waals surface area contributed by atoms with Crippen molar-refractivity contribution in [2.24, 2.45) is 5.73 Å². The van der Waals surface area contributed by atoms with Gasteiger partial charge in [0.2, 0.25) is 10.0 Å². The molecule has 1 unspecified atom stereocenters. The summed E-state index contributed by atoms with van der Waals surface area (Å²) < 4.78 is 26.8. The molecule has 20 heavy (non-hydrogen) atoms. The van der Waals surface area contributed by atoms with Gasteiger partial charge in [-0.05, 0) is 19.1 Å². The molecule has 1 aromatic carbocycles. The summed E-state index contributed by atoms with van der Waals surface area (Å²) in [6, 6.07) is 4.52. The Morgan fingerprint density at radius 2 is 2.25 bits per heavy atom. The van der Waals surface area contributed by atoms with Crippen molar-refractivity contribution < 1.29 is 8.42 Å². The van der Waals surface area contributed by atoms with E-state index in [1.165, 1.54) is 16.4 Å². The van der Waals surface area contributed by atoms with Crippen molar-refractivity contribution in [2.45, 2.75) is 17.9 Å². The van der Waals surface area contributed by atoms with E-state index in [1.54, 1.807) is 17.8 Å². The highest BCUT2D eigenvalue weighted by molar-refractivity contribution is 7.99. The van der Waals surface area contributed by atoms with Gasteiger partial charge in [-0.3, -0.25) is 0 Å². The second-order valence-corrected chi connectivity index (χ2v) is 8.40. The van der Waals surface area contributed by atoms with Crippen molar-refractivity contribution in [1.82, 2.24) is 4.31 Å². The van der Waals surface area contributed by atoms with Gasteiger partial charge in [-0.1, -0.05) is 29.9 Å². The van der Waals surface area contributed by atoms with E-state index in [0.29, 0.717) is 12.1 Å². The number of nitrogens with two attached hydrogens (primary N) is 1. The predicted molar refractivity (Wildman–Crippen MR) is 88.0 cm³/mol. The summed E-state index contributed by atoms with van der Waals surface area (Å²) in [5, 5.41) is 0.153. The molecule has 1 heterocycles. The van der Waals surface area contributed by atoms with Crippen molar-refractivity contribution in [1.29, 1.82) is 0 Å². The number of hydrogen-bond acceptors (Lipinski definition) is 4. The van der Waals surface area contributed by atoms with Crippen LogP contribution in [0.4, 0.5) is 0 Å². The smallest absolute Gasteiger partial charge is 0.244 e. The molecule has 110 valence electrons. The van der Waals surface area contributed by atoms with Crippen LogP contribution in [0.1, 0.15) is 12.5 Å². The van der Waals surface area contributed by atoms with Crippen molar-refractivity contribution in [3.05, 3.63) is 28.8 Å². The zero-order chi connectivity index (χ0) is 14.9. The highest BCUT2D eigenvalue weighted by atomic mass is 35.5. The highest BCUT2D eigenvalue weighted by Crippen LogP contribution is 2.29. The van der Waals surface area contributed by atoms with Crippen LogP contribution >= 0.6 is 35.6 Å². The van der Waals surface area contributed by atoms with Gasteiger partial charge in [-0.25, -0.2) is 8.42 Å². The first-order valence-corrected chi connectivity index (χ1v) is 9.41. The molecule has 2 rings (SSSR count). The third-order valence-corrected chi connectivity index (χ3v) is 7.03. The van der Waals surface area contributed by atoms with Gasteiger partial charge >= 0.3 is 0 Å². The van der Waals surface area contributed by atoms with Crippen molar-refractivity contribution in [3.63, 3.8) is 0 Å². The van der Waals surface area contributed by atoms with Gasteiger partial charge in [0.25, 0.3) is 0 Å². The third kappa shape index (κ3) is 3.12. The molecule has 1 fully saturated rings. The summed E-state index contributed by atoms with van der Waals surface area (Å²) in [4.78, 5) is 0.302. The number of benzene rings is 1. The van der Waals surface area contributed by atoms with Gasteiger partial charge < -0.3 is 5.73 Å². The number of halogens is 1. The second kappa shape index (κ2) is 6.19. The molecule has 1 aromatic rings.